The average Bonchev–Trinajstić information content (AvgIpc) is 3.39. The van der Waals surface area contributed by atoms with Gasteiger partial charge in [-0.1, -0.05) is 6.07 Å². The lowest BCUT2D eigenvalue weighted by Crippen LogP contribution is -2.46. The summed E-state index contributed by atoms with van der Waals surface area (Å²) in [5, 5.41) is 19.4. The molecule has 180 valence electrons. The van der Waals surface area contributed by atoms with Crippen LogP contribution in [0.2, 0.25) is 0 Å². The molecule has 1 atom stereocenters. The van der Waals surface area contributed by atoms with Gasteiger partial charge < -0.3 is 20.5 Å². The fraction of sp³-hybridized carbons (Fsp3) is 0.455. The fourth-order valence-electron chi connectivity index (χ4n) is 4.45. The van der Waals surface area contributed by atoms with Crippen molar-refractivity contribution in [1.29, 1.82) is 0 Å². The molecular weight excluding hydrogens is 446 g/mol. The number of methoxy groups -OCH3 is 1. The van der Waals surface area contributed by atoms with E-state index >= 15 is 0 Å². The van der Waals surface area contributed by atoms with Crippen LogP contribution in [0.1, 0.15) is 32.0 Å². The van der Waals surface area contributed by atoms with Crippen LogP contribution < -0.4 is 15.4 Å². The zero-order valence-electron chi connectivity index (χ0n) is 19.1. The number of benzene rings is 1. The second-order valence-electron chi connectivity index (χ2n) is 9.38. The van der Waals surface area contributed by atoms with Gasteiger partial charge >= 0.3 is 0 Å². The Labute approximate surface area is 194 Å². The summed E-state index contributed by atoms with van der Waals surface area (Å²) in [5.41, 5.74) is 6.66. The van der Waals surface area contributed by atoms with Gasteiger partial charge in [-0.05, 0) is 26.0 Å². The Morgan fingerprint density at radius 3 is 2.82 bits per heavy atom. The molecule has 34 heavy (non-hydrogen) atoms. The molecule has 4 aromatic rings. The molecule has 1 fully saturated rings. The summed E-state index contributed by atoms with van der Waals surface area (Å²) < 4.78 is 37.9. The summed E-state index contributed by atoms with van der Waals surface area (Å²) in [7, 11) is 1.54. The zero-order chi connectivity index (χ0) is 24.3. The maximum atomic E-state index is 14.8. The number of hydrogen-bond acceptors (Lipinski definition) is 8. The zero-order valence-corrected chi connectivity index (χ0v) is 19.1. The smallest absolute Gasteiger partial charge is 0.266 e. The molecule has 1 aromatic carbocycles. The number of anilines is 2. The van der Waals surface area contributed by atoms with Gasteiger partial charge in [-0.15, -0.1) is 5.10 Å². The van der Waals surface area contributed by atoms with Crippen molar-refractivity contribution in [2.24, 2.45) is 0 Å². The Balaban J connectivity index is 1.51. The van der Waals surface area contributed by atoms with Crippen LogP contribution in [-0.2, 0) is 6.54 Å². The lowest BCUT2D eigenvalue weighted by atomic mass is 9.94. The number of ether oxygens (including phenoxy) is 1. The van der Waals surface area contributed by atoms with Gasteiger partial charge in [-0.25, -0.2) is 18.7 Å². The third kappa shape index (κ3) is 4.09. The first-order valence-corrected chi connectivity index (χ1v) is 10.9. The van der Waals surface area contributed by atoms with Crippen molar-refractivity contribution in [3.63, 3.8) is 0 Å². The van der Waals surface area contributed by atoms with Gasteiger partial charge in [0.25, 0.3) is 5.92 Å². The van der Waals surface area contributed by atoms with Crippen molar-refractivity contribution < 1.29 is 18.6 Å². The van der Waals surface area contributed by atoms with Gasteiger partial charge in [0.1, 0.15) is 11.3 Å². The number of rotatable bonds is 5. The molecule has 4 heterocycles. The molecule has 3 aromatic heterocycles. The van der Waals surface area contributed by atoms with Crippen LogP contribution in [0.5, 0.6) is 5.75 Å². The minimum Gasteiger partial charge on any atom is -0.494 e. The average molecular weight is 473 g/mol. The number of nitrogens with zero attached hydrogens (tertiary/aromatic N) is 7. The van der Waals surface area contributed by atoms with E-state index < -0.39 is 24.0 Å². The van der Waals surface area contributed by atoms with Crippen LogP contribution in [0.25, 0.3) is 16.6 Å². The van der Waals surface area contributed by atoms with Crippen LogP contribution in [-0.4, -0.2) is 66.2 Å². The molecule has 10 nitrogen and oxygen atoms in total. The summed E-state index contributed by atoms with van der Waals surface area (Å²) in [6.45, 7) is 3.42. The molecule has 12 heteroatoms. The normalized spacial score (nSPS) is 18.6. The van der Waals surface area contributed by atoms with Gasteiger partial charge in [-0.3, -0.25) is 4.68 Å². The number of nitrogens with two attached hydrogens (primary N) is 1. The van der Waals surface area contributed by atoms with E-state index in [1.807, 2.05) is 6.07 Å². The maximum Gasteiger partial charge on any atom is 0.266 e. The summed E-state index contributed by atoms with van der Waals surface area (Å²) in [6.07, 6.45) is 2.81. The highest BCUT2D eigenvalue weighted by Crippen LogP contribution is 2.38. The predicted octanol–water partition coefficient (Wildman–Crippen LogP) is 2.46. The molecule has 0 aliphatic carbocycles. The van der Waals surface area contributed by atoms with Crippen LogP contribution in [0, 0.1) is 0 Å². The number of hydrogen-bond donors (Lipinski definition) is 2. The van der Waals surface area contributed by atoms with E-state index in [0.717, 1.165) is 0 Å². The van der Waals surface area contributed by atoms with Crippen LogP contribution in [0.4, 0.5) is 20.4 Å². The number of halogens is 2. The minimum absolute atomic E-state index is 0.0954. The number of para-hydroxylation sites is 1. The Hall–Kier alpha value is -3.54. The highest BCUT2D eigenvalue weighted by atomic mass is 19.3. The third-order valence-electron chi connectivity index (χ3n) is 5.83. The molecule has 0 bridgehead atoms. The first kappa shape index (κ1) is 22.3. The van der Waals surface area contributed by atoms with Gasteiger partial charge in [0.2, 0.25) is 5.95 Å². The molecule has 0 amide bonds. The molecule has 0 spiro atoms. The number of fused-ring (bicyclic) bond motifs is 3. The quantitative estimate of drug-likeness (QED) is 0.455. The van der Waals surface area contributed by atoms with E-state index in [2.05, 4.69) is 20.2 Å². The maximum absolute atomic E-state index is 14.8. The van der Waals surface area contributed by atoms with Gasteiger partial charge in [0, 0.05) is 30.5 Å². The molecular formula is C22H26F2N8O2. The monoisotopic (exact) mass is 472 g/mol. The van der Waals surface area contributed by atoms with Gasteiger partial charge in [0.15, 0.2) is 11.5 Å². The Bertz CT molecular complexity index is 1360. The van der Waals surface area contributed by atoms with Gasteiger partial charge in [-0.2, -0.15) is 9.61 Å². The van der Waals surface area contributed by atoms with E-state index in [1.165, 1.54) is 17.8 Å². The van der Waals surface area contributed by atoms with E-state index in [1.54, 1.807) is 41.8 Å². The Kier molecular flexibility index (Phi) is 5.08. The number of piperidine rings is 1. The van der Waals surface area contributed by atoms with Crippen molar-refractivity contribution in [3.05, 3.63) is 36.4 Å². The highest BCUT2D eigenvalue weighted by molar-refractivity contribution is 5.95. The second-order valence-corrected chi connectivity index (χ2v) is 9.38. The van der Waals surface area contributed by atoms with Crippen molar-refractivity contribution in [3.8, 4) is 5.75 Å². The Morgan fingerprint density at radius 1 is 1.29 bits per heavy atom. The van der Waals surface area contributed by atoms with E-state index in [0.29, 0.717) is 28.0 Å². The number of nitrogen functional groups attached to an aromatic ring is 1. The molecule has 1 aliphatic rings. The van der Waals surface area contributed by atoms with Crippen LogP contribution in [0.3, 0.4) is 0 Å². The SMILES string of the molecule is COc1cccc2c1nc(N)n1nc([C@H]3CN(c4cnn(CC(C)(C)O)c4)CC(F)(F)C3)nc21. The lowest BCUT2D eigenvalue weighted by molar-refractivity contribution is -0.0191. The lowest BCUT2D eigenvalue weighted by Gasteiger charge is -2.37. The molecule has 5 rings (SSSR count). The van der Waals surface area contributed by atoms with E-state index in [-0.39, 0.29) is 31.3 Å². The largest absolute Gasteiger partial charge is 0.494 e. The van der Waals surface area contributed by atoms with E-state index in [9.17, 15) is 13.9 Å². The predicted molar refractivity (Wildman–Crippen MR) is 122 cm³/mol. The van der Waals surface area contributed by atoms with Crippen molar-refractivity contribution in [1.82, 2.24) is 29.4 Å². The molecule has 0 saturated carbocycles. The molecule has 1 saturated heterocycles. The number of aromatic nitrogens is 6. The summed E-state index contributed by atoms with van der Waals surface area (Å²) in [5.74, 6) is -2.68. The minimum atomic E-state index is -2.95. The fourth-order valence-corrected chi connectivity index (χ4v) is 4.45. The molecule has 3 N–H and O–H groups in total. The summed E-state index contributed by atoms with van der Waals surface area (Å²) >= 11 is 0. The highest BCUT2D eigenvalue weighted by Gasteiger charge is 2.43. The van der Waals surface area contributed by atoms with Crippen molar-refractivity contribution >= 4 is 28.2 Å². The van der Waals surface area contributed by atoms with Gasteiger partial charge in [0.05, 0.1) is 37.7 Å². The number of aliphatic hydroxyl groups is 1. The first-order chi connectivity index (χ1) is 16.0. The molecule has 1 aliphatic heterocycles. The molecule has 0 unspecified atom stereocenters. The summed E-state index contributed by atoms with van der Waals surface area (Å²) in [4.78, 5) is 10.6. The van der Waals surface area contributed by atoms with Crippen molar-refractivity contribution in [2.45, 2.75) is 44.3 Å². The number of alkyl halides is 2. The summed E-state index contributed by atoms with van der Waals surface area (Å²) in [6, 6.07) is 5.38. The second kappa shape index (κ2) is 7.76. The Morgan fingerprint density at radius 2 is 2.09 bits per heavy atom. The molecule has 0 radical (unpaired) electrons. The standard InChI is InChI=1S/C22H26F2N8O2/c1-21(2,33)11-31-10-14(8-26-31)30-9-13(7-22(23,24)12-30)18-28-19-15-5-4-6-16(34-3)17(15)27-20(25)32(19)29-18/h4-6,8,10,13,33H,7,9,11-12H2,1-3H3,(H2,25,27)/t13-/m1/s1. The first-order valence-electron chi connectivity index (χ1n) is 10.9. The van der Waals surface area contributed by atoms with Crippen LogP contribution in [0.15, 0.2) is 30.6 Å². The third-order valence-corrected chi connectivity index (χ3v) is 5.83. The topological polar surface area (TPSA) is 120 Å². The van der Waals surface area contributed by atoms with Crippen LogP contribution >= 0.6 is 0 Å². The van der Waals surface area contributed by atoms with E-state index in [4.69, 9.17) is 10.5 Å². The van der Waals surface area contributed by atoms with Crippen molar-refractivity contribution in [2.75, 3.05) is 30.8 Å².